The molecule has 0 radical (unpaired) electrons. The quantitative estimate of drug-likeness (QED) is 0.864. The molecule has 1 unspecified atom stereocenters. The first-order valence-electron chi connectivity index (χ1n) is 8.58. The predicted molar refractivity (Wildman–Crippen MR) is 104 cm³/mol. The summed E-state index contributed by atoms with van der Waals surface area (Å²) < 4.78 is 0. The first kappa shape index (κ1) is 20.1. The Balaban J connectivity index is 0.00000225. The van der Waals surface area contributed by atoms with Gasteiger partial charge in [-0.05, 0) is 12.0 Å². The van der Waals surface area contributed by atoms with Crippen LogP contribution in [0.2, 0.25) is 0 Å². The molecule has 1 aromatic carbocycles. The number of thioether (sulfide) groups is 1. The number of rotatable bonds is 4. The van der Waals surface area contributed by atoms with Crippen LogP contribution >= 0.6 is 24.2 Å². The Morgan fingerprint density at radius 2 is 1.96 bits per heavy atom. The summed E-state index contributed by atoms with van der Waals surface area (Å²) in [5, 5.41) is 0. The average Bonchev–Trinajstić information content (AvgIpc) is 3.22. The van der Waals surface area contributed by atoms with Crippen LogP contribution in [0.15, 0.2) is 30.3 Å². The highest BCUT2D eigenvalue weighted by atomic mass is 35.5. The Bertz CT molecular complexity index is 601. The fourth-order valence-corrected chi connectivity index (χ4v) is 4.69. The summed E-state index contributed by atoms with van der Waals surface area (Å²) in [6, 6.07) is 9.76. The molecule has 2 amide bonds. The summed E-state index contributed by atoms with van der Waals surface area (Å²) in [4.78, 5) is 28.8. The summed E-state index contributed by atoms with van der Waals surface area (Å²) in [5.41, 5.74) is 7.48. The maximum Gasteiger partial charge on any atom is 0.246 e. The normalized spacial score (nSPS) is 25.8. The number of nitrogens with zero attached hydrogens (tertiary/aromatic N) is 2. The van der Waals surface area contributed by atoms with Crippen LogP contribution in [0.4, 0.5) is 0 Å². The largest absolute Gasteiger partial charge is 0.339 e. The van der Waals surface area contributed by atoms with Crippen LogP contribution in [0, 0.1) is 0 Å². The summed E-state index contributed by atoms with van der Waals surface area (Å²) in [7, 11) is 0. The van der Waals surface area contributed by atoms with Crippen molar-refractivity contribution >= 4 is 36.0 Å². The van der Waals surface area contributed by atoms with Gasteiger partial charge in [0, 0.05) is 37.2 Å². The molecule has 0 bridgehead atoms. The lowest BCUT2D eigenvalue weighted by Gasteiger charge is -2.27. The van der Waals surface area contributed by atoms with E-state index in [1.54, 1.807) is 16.7 Å². The first-order chi connectivity index (χ1) is 11.6. The Labute approximate surface area is 159 Å². The van der Waals surface area contributed by atoms with E-state index >= 15 is 0 Å². The molecule has 0 spiro atoms. The standard InChI is InChI=1S/C18H25N3O2S.ClH/c1-2-6-17(22)21-12-24-11-16(21)18(23)20-9-14(15(19)10-20)13-7-4-3-5-8-13;/h3-5,7-8,14-16H,2,6,9-12,19H2,1H3;1H/t14-,15+,16?;/m0./s1. The summed E-state index contributed by atoms with van der Waals surface area (Å²) in [6.07, 6.45) is 1.32. The van der Waals surface area contributed by atoms with Crippen LogP contribution in [0.5, 0.6) is 0 Å². The van der Waals surface area contributed by atoms with E-state index in [1.807, 2.05) is 30.0 Å². The van der Waals surface area contributed by atoms with Gasteiger partial charge in [-0.3, -0.25) is 9.59 Å². The number of hydrogen-bond acceptors (Lipinski definition) is 4. The van der Waals surface area contributed by atoms with Crippen molar-refractivity contribution in [2.24, 2.45) is 5.73 Å². The molecule has 2 aliphatic rings. The molecule has 5 nitrogen and oxygen atoms in total. The van der Waals surface area contributed by atoms with Crippen molar-refractivity contribution in [3.63, 3.8) is 0 Å². The van der Waals surface area contributed by atoms with Gasteiger partial charge in [-0.15, -0.1) is 24.2 Å². The van der Waals surface area contributed by atoms with E-state index in [1.165, 1.54) is 5.56 Å². The van der Waals surface area contributed by atoms with Crippen molar-refractivity contribution in [3.05, 3.63) is 35.9 Å². The molecule has 7 heteroatoms. The van der Waals surface area contributed by atoms with Gasteiger partial charge < -0.3 is 15.5 Å². The Kier molecular flexibility index (Phi) is 7.16. The summed E-state index contributed by atoms with van der Waals surface area (Å²) in [5.74, 6) is 1.62. The van der Waals surface area contributed by atoms with Crippen molar-refractivity contribution in [1.82, 2.24) is 9.80 Å². The van der Waals surface area contributed by atoms with Crippen molar-refractivity contribution in [2.45, 2.75) is 37.8 Å². The molecule has 25 heavy (non-hydrogen) atoms. The van der Waals surface area contributed by atoms with Gasteiger partial charge in [-0.2, -0.15) is 0 Å². The minimum Gasteiger partial charge on any atom is -0.339 e. The zero-order valence-corrected chi connectivity index (χ0v) is 16.1. The summed E-state index contributed by atoms with van der Waals surface area (Å²) in [6.45, 7) is 3.19. The maximum atomic E-state index is 13.0. The molecule has 3 rings (SSSR count). The van der Waals surface area contributed by atoms with E-state index in [9.17, 15) is 9.59 Å². The van der Waals surface area contributed by atoms with Crippen LogP contribution in [0.3, 0.4) is 0 Å². The molecule has 3 atom stereocenters. The minimum atomic E-state index is -0.323. The zero-order valence-electron chi connectivity index (χ0n) is 14.5. The molecular formula is C18H26ClN3O2S. The molecule has 2 aliphatic heterocycles. The first-order valence-corrected chi connectivity index (χ1v) is 9.73. The second-order valence-electron chi connectivity index (χ2n) is 6.55. The Morgan fingerprint density at radius 3 is 2.64 bits per heavy atom. The Morgan fingerprint density at radius 1 is 1.24 bits per heavy atom. The minimum absolute atomic E-state index is 0. The summed E-state index contributed by atoms with van der Waals surface area (Å²) >= 11 is 1.66. The Hall–Kier alpha value is -1.24. The van der Waals surface area contributed by atoms with E-state index in [-0.39, 0.29) is 42.2 Å². The van der Waals surface area contributed by atoms with E-state index < -0.39 is 0 Å². The third-order valence-electron chi connectivity index (χ3n) is 4.86. The number of benzene rings is 1. The maximum absolute atomic E-state index is 13.0. The third kappa shape index (κ3) is 4.30. The van der Waals surface area contributed by atoms with Gasteiger partial charge in [0.1, 0.15) is 6.04 Å². The molecule has 2 fully saturated rings. The topological polar surface area (TPSA) is 66.6 Å². The number of amides is 2. The van der Waals surface area contributed by atoms with Gasteiger partial charge in [-0.1, -0.05) is 37.3 Å². The van der Waals surface area contributed by atoms with E-state index in [0.717, 1.165) is 6.42 Å². The number of hydrogen-bond donors (Lipinski definition) is 1. The van der Waals surface area contributed by atoms with E-state index in [2.05, 4.69) is 12.1 Å². The molecular weight excluding hydrogens is 358 g/mol. The van der Waals surface area contributed by atoms with Crippen LogP contribution < -0.4 is 5.73 Å². The van der Waals surface area contributed by atoms with Crippen molar-refractivity contribution < 1.29 is 9.59 Å². The monoisotopic (exact) mass is 383 g/mol. The highest BCUT2D eigenvalue weighted by Crippen LogP contribution is 2.29. The molecule has 138 valence electrons. The number of nitrogens with two attached hydrogens (primary N) is 1. The van der Waals surface area contributed by atoms with Gasteiger partial charge in [0.05, 0.1) is 5.88 Å². The fraction of sp³-hybridized carbons (Fsp3) is 0.556. The second-order valence-corrected chi connectivity index (χ2v) is 7.55. The molecule has 2 heterocycles. The molecule has 0 aliphatic carbocycles. The molecule has 1 aromatic rings. The van der Waals surface area contributed by atoms with Crippen LogP contribution in [0.25, 0.3) is 0 Å². The van der Waals surface area contributed by atoms with Crippen molar-refractivity contribution in [1.29, 1.82) is 0 Å². The molecule has 0 aromatic heterocycles. The molecule has 0 saturated carbocycles. The zero-order chi connectivity index (χ0) is 17.1. The van der Waals surface area contributed by atoms with Gasteiger partial charge in [0.25, 0.3) is 0 Å². The highest BCUT2D eigenvalue weighted by Gasteiger charge is 2.41. The van der Waals surface area contributed by atoms with Crippen LogP contribution in [-0.2, 0) is 9.59 Å². The van der Waals surface area contributed by atoms with Gasteiger partial charge in [-0.25, -0.2) is 0 Å². The predicted octanol–water partition coefficient (Wildman–Crippen LogP) is 2.06. The highest BCUT2D eigenvalue weighted by molar-refractivity contribution is 7.99. The number of halogens is 1. The van der Waals surface area contributed by atoms with Crippen LogP contribution in [-0.4, -0.2) is 58.4 Å². The number of carbonyl (C=O) groups excluding carboxylic acids is 2. The SMILES string of the molecule is CCCC(=O)N1CSCC1C(=O)N1C[C@@H](N)[C@H](c2ccccc2)C1.Cl. The molecule has 2 N–H and O–H groups in total. The van der Waals surface area contributed by atoms with Gasteiger partial charge >= 0.3 is 0 Å². The smallest absolute Gasteiger partial charge is 0.246 e. The third-order valence-corrected chi connectivity index (χ3v) is 5.87. The fourth-order valence-electron chi connectivity index (χ4n) is 3.52. The lowest BCUT2D eigenvalue weighted by Crippen LogP contribution is -2.48. The lowest BCUT2D eigenvalue weighted by molar-refractivity contribution is -0.142. The van der Waals surface area contributed by atoms with Crippen molar-refractivity contribution in [2.75, 3.05) is 24.7 Å². The molecule has 2 saturated heterocycles. The van der Waals surface area contributed by atoms with E-state index in [0.29, 0.717) is 31.1 Å². The van der Waals surface area contributed by atoms with Crippen molar-refractivity contribution in [3.8, 4) is 0 Å². The second kappa shape index (κ2) is 8.92. The number of carbonyl (C=O) groups is 2. The van der Waals surface area contributed by atoms with Gasteiger partial charge in [0.2, 0.25) is 11.8 Å². The number of likely N-dealkylation sites (tertiary alicyclic amines) is 1. The lowest BCUT2D eigenvalue weighted by atomic mass is 9.95. The average molecular weight is 384 g/mol. The van der Waals surface area contributed by atoms with Crippen LogP contribution in [0.1, 0.15) is 31.2 Å². The van der Waals surface area contributed by atoms with Gasteiger partial charge in [0.15, 0.2) is 0 Å². The van der Waals surface area contributed by atoms with E-state index in [4.69, 9.17) is 5.73 Å².